The molecule has 0 aromatic heterocycles. The van der Waals surface area contributed by atoms with Gasteiger partial charge >= 0.3 is 12.1 Å². The molecule has 1 heterocycles. The second kappa shape index (κ2) is 8.72. The summed E-state index contributed by atoms with van der Waals surface area (Å²) < 4.78 is 28.2. The average Bonchev–Trinajstić information content (AvgIpc) is 2.74. The third-order valence-electron chi connectivity index (χ3n) is 5.33. The molecule has 1 unspecified atom stereocenters. The maximum Gasteiger partial charge on any atom is 0.407 e. The number of ether oxygens (including phenoxy) is 1. The van der Waals surface area contributed by atoms with E-state index in [2.05, 4.69) is 0 Å². The van der Waals surface area contributed by atoms with Crippen molar-refractivity contribution in [2.24, 2.45) is 0 Å². The molecule has 0 radical (unpaired) electrons. The van der Waals surface area contributed by atoms with Crippen LogP contribution in [0.5, 0.6) is 5.75 Å². The molecule has 1 atom stereocenters. The minimum absolute atomic E-state index is 0.0424. The molecule has 1 fully saturated rings. The van der Waals surface area contributed by atoms with Crippen molar-refractivity contribution in [1.29, 1.82) is 0 Å². The zero-order valence-corrected chi connectivity index (χ0v) is 17.0. The number of carboxylic acids is 1. The first-order chi connectivity index (χ1) is 14.3. The normalized spacial score (nSPS) is 16.5. The first-order valence-electron chi connectivity index (χ1n) is 9.15. The first-order valence-corrected chi connectivity index (χ1v) is 10.2. The molecule has 9 nitrogen and oxygen atoms in total. The van der Waals surface area contributed by atoms with E-state index in [0.717, 1.165) is 20.3 Å². The Hall–Kier alpha value is -3.11. The lowest BCUT2D eigenvalue weighted by molar-refractivity contribution is -0.144. The van der Waals surface area contributed by atoms with Gasteiger partial charge in [0, 0.05) is 25.9 Å². The number of anilines is 1. The Balaban J connectivity index is 1.92. The summed E-state index contributed by atoms with van der Waals surface area (Å²) in [5.74, 6) is -0.553. The number of hydrogen-bond acceptors (Lipinski definition) is 4. The van der Waals surface area contributed by atoms with E-state index in [-0.39, 0.29) is 31.6 Å². The number of likely N-dealkylation sites (tertiary alicyclic amines) is 1. The van der Waals surface area contributed by atoms with Crippen LogP contribution in [0.3, 0.4) is 0 Å². The Bertz CT molecular complexity index is 939. The lowest BCUT2D eigenvalue weighted by Gasteiger charge is -2.43. The van der Waals surface area contributed by atoms with Gasteiger partial charge in [0.25, 0.3) is 11.3 Å². The standard InChI is InChI=1S/C20H22N2O7S/c1-29-17-8-4-15(5-9-17)14-2-6-16(7-3-14)22(30(27)28)20(18(23)24)10-12-21(13-11-20)19(25)26/h2-9H,10-13H2,1H3,(H,23,24)(H,25,26)(H,27,28). The summed E-state index contributed by atoms with van der Waals surface area (Å²) in [5.41, 5.74) is 0.323. The highest BCUT2D eigenvalue weighted by Gasteiger charge is 2.50. The van der Waals surface area contributed by atoms with Gasteiger partial charge in [-0.15, -0.1) is 0 Å². The van der Waals surface area contributed by atoms with E-state index in [1.807, 2.05) is 24.3 Å². The van der Waals surface area contributed by atoms with E-state index in [4.69, 9.17) is 9.84 Å². The van der Waals surface area contributed by atoms with Gasteiger partial charge in [-0.1, -0.05) is 24.3 Å². The number of benzene rings is 2. The number of nitrogens with zero attached hydrogens (tertiary/aromatic N) is 2. The van der Waals surface area contributed by atoms with Crippen LogP contribution in [0.15, 0.2) is 48.5 Å². The molecule has 0 aliphatic carbocycles. The largest absolute Gasteiger partial charge is 0.497 e. The molecule has 3 N–H and O–H groups in total. The van der Waals surface area contributed by atoms with Gasteiger partial charge in [-0.3, -0.25) is 8.86 Å². The highest BCUT2D eigenvalue weighted by Crippen LogP contribution is 2.36. The predicted molar refractivity (Wildman–Crippen MR) is 111 cm³/mol. The quantitative estimate of drug-likeness (QED) is 0.597. The molecule has 10 heteroatoms. The summed E-state index contributed by atoms with van der Waals surface area (Å²) in [6, 6.07) is 14.0. The van der Waals surface area contributed by atoms with Gasteiger partial charge in [0.05, 0.1) is 12.8 Å². The number of aliphatic carboxylic acids is 1. The van der Waals surface area contributed by atoms with Gasteiger partial charge in [0.2, 0.25) is 0 Å². The molecule has 1 aliphatic rings. The Morgan fingerprint density at radius 2 is 1.50 bits per heavy atom. The van der Waals surface area contributed by atoms with Crippen molar-refractivity contribution in [1.82, 2.24) is 4.90 Å². The summed E-state index contributed by atoms with van der Waals surface area (Å²) in [7, 11) is 1.58. The van der Waals surface area contributed by atoms with E-state index in [1.54, 1.807) is 31.4 Å². The minimum Gasteiger partial charge on any atom is -0.497 e. The van der Waals surface area contributed by atoms with Crippen molar-refractivity contribution in [2.75, 3.05) is 24.5 Å². The number of carbonyl (C=O) groups is 2. The fourth-order valence-electron chi connectivity index (χ4n) is 3.63. The van der Waals surface area contributed by atoms with Crippen molar-refractivity contribution < 1.29 is 33.3 Å². The topological polar surface area (TPSA) is 128 Å². The maximum absolute atomic E-state index is 12.2. The number of amides is 1. The van der Waals surface area contributed by atoms with Gasteiger partial charge in [-0.2, -0.15) is 0 Å². The van der Waals surface area contributed by atoms with E-state index >= 15 is 0 Å². The number of carboxylic acid groups (broad SMARTS) is 2. The minimum atomic E-state index is -2.62. The second-order valence-corrected chi connectivity index (χ2v) is 7.73. The third kappa shape index (κ3) is 4.10. The summed E-state index contributed by atoms with van der Waals surface area (Å²) in [4.78, 5) is 24.4. The molecule has 2 aromatic rings. The van der Waals surface area contributed by atoms with Gasteiger partial charge in [0.1, 0.15) is 5.75 Å². The van der Waals surface area contributed by atoms with Crippen LogP contribution in [-0.4, -0.2) is 61.7 Å². The number of methoxy groups -OCH3 is 1. The summed E-state index contributed by atoms with van der Waals surface area (Å²) >= 11 is -2.62. The average molecular weight is 434 g/mol. The van der Waals surface area contributed by atoms with Gasteiger partial charge < -0.3 is 19.8 Å². The van der Waals surface area contributed by atoms with Crippen molar-refractivity contribution >= 4 is 29.0 Å². The Morgan fingerprint density at radius 3 is 1.90 bits per heavy atom. The van der Waals surface area contributed by atoms with E-state index in [0.29, 0.717) is 5.75 Å². The molecule has 3 rings (SSSR count). The lowest BCUT2D eigenvalue weighted by Crippen LogP contribution is -2.61. The van der Waals surface area contributed by atoms with Gasteiger partial charge in [-0.05, 0) is 35.4 Å². The van der Waals surface area contributed by atoms with Crippen LogP contribution in [-0.2, 0) is 16.1 Å². The van der Waals surface area contributed by atoms with Crippen molar-refractivity contribution in [3.05, 3.63) is 48.5 Å². The molecule has 1 saturated heterocycles. The Morgan fingerprint density at radius 1 is 1.00 bits per heavy atom. The predicted octanol–water partition coefficient (Wildman–Crippen LogP) is 2.90. The summed E-state index contributed by atoms with van der Waals surface area (Å²) in [5, 5.41) is 19.0. The van der Waals surface area contributed by atoms with Crippen LogP contribution in [0.2, 0.25) is 0 Å². The van der Waals surface area contributed by atoms with Crippen molar-refractivity contribution in [3.63, 3.8) is 0 Å². The maximum atomic E-state index is 12.2. The second-order valence-electron chi connectivity index (χ2n) is 6.91. The molecule has 1 aliphatic heterocycles. The highest BCUT2D eigenvalue weighted by atomic mass is 32.2. The summed E-state index contributed by atoms with van der Waals surface area (Å²) in [6.07, 6.45) is -1.36. The zero-order valence-electron chi connectivity index (χ0n) is 16.2. The van der Waals surface area contributed by atoms with Crippen molar-refractivity contribution in [3.8, 4) is 16.9 Å². The molecule has 0 saturated carbocycles. The zero-order chi connectivity index (χ0) is 21.9. The van der Waals surface area contributed by atoms with Gasteiger partial charge in [0.15, 0.2) is 5.54 Å². The van der Waals surface area contributed by atoms with E-state index in [1.165, 1.54) is 0 Å². The van der Waals surface area contributed by atoms with Crippen LogP contribution in [0, 0.1) is 0 Å². The molecular weight excluding hydrogens is 412 g/mol. The number of hydrogen-bond donors (Lipinski definition) is 3. The van der Waals surface area contributed by atoms with Crippen LogP contribution >= 0.6 is 0 Å². The molecule has 30 heavy (non-hydrogen) atoms. The molecule has 1 amide bonds. The van der Waals surface area contributed by atoms with Crippen LogP contribution in [0.25, 0.3) is 11.1 Å². The smallest absolute Gasteiger partial charge is 0.407 e. The van der Waals surface area contributed by atoms with Crippen LogP contribution in [0.1, 0.15) is 12.8 Å². The highest BCUT2D eigenvalue weighted by molar-refractivity contribution is 7.80. The fraction of sp³-hybridized carbons (Fsp3) is 0.300. The first kappa shape index (κ1) is 21.6. The lowest BCUT2D eigenvalue weighted by atomic mass is 9.87. The Labute approximate surface area is 175 Å². The molecule has 160 valence electrons. The number of piperidine rings is 1. The SMILES string of the molecule is COc1ccc(-c2ccc(N(S(=O)O)C3(C(=O)O)CCN(C(=O)O)CC3)cc2)cc1. The molecule has 0 spiro atoms. The van der Waals surface area contributed by atoms with Crippen LogP contribution in [0.4, 0.5) is 10.5 Å². The molecule has 2 aromatic carbocycles. The van der Waals surface area contributed by atoms with Crippen LogP contribution < -0.4 is 9.04 Å². The Kier molecular flexibility index (Phi) is 6.28. The van der Waals surface area contributed by atoms with E-state index in [9.17, 15) is 23.5 Å². The number of rotatable bonds is 6. The van der Waals surface area contributed by atoms with E-state index < -0.39 is 28.9 Å². The van der Waals surface area contributed by atoms with Crippen molar-refractivity contribution in [2.45, 2.75) is 18.4 Å². The monoisotopic (exact) mass is 434 g/mol. The van der Waals surface area contributed by atoms with Gasteiger partial charge in [-0.25, -0.2) is 13.8 Å². The molecule has 0 bridgehead atoms. The summed E-state index contributed by atoms with van der Waals surface area (Å²) in [6.45, 7) is -0.0848. The molecular formula is C20H22N2O7S. The fourth-order valence-corrected chi connectivity index (χ4v) is 4.49. The third-order valence-corrected chi connectivity index (χ3v) is 6.20.